The number of rotatable bonds is 10. The minimum Gasteiger partial charge on any atom is -0.305 e. The van der Waals surface area contributed by atoms with E-state index in [2.05, 4.69) is 268 Å². The second-order valence-corrected chi connectivity index (χ2v) is 25.1. The van der Waals surface area contributed by atoms with Gasteiger partial charge in [0.15, 0.2) is 0 Å². The van der Waals surface area contributed by atoms with Gasteiger partial charge in [0.05, 0.1) is 0 Å². The van der Waals surface area contributed by atoms with Crippen LogP contribution in [-0.2, 0) is 91.3 Å². The summed E-state index contributed by atoms with van der Waals surface area (Å²) >= 11 is 0. The zero-order valence-electron chi connectivity index (χ0n) is 56.7. The zero-order chi connectivity index (χ0) is 66.2. The van der Waals surface area contributed by atoms with Crippen molar-refractivity contribution < 1.29 is 80.4 Å². The van der Waals surface area contributed by atoms with E-state index >= 15 is 0 Å². The molecule has 0 fully saturated rings. The van der Waals surface area contributed by atoms with Crippen LogP contribution in [0.4, 0.5) is 0 Å². The molecule has 0 amide bonds. The summed E-state index contributed by atoms with van der Waals surface area (Å²) in [5.41, 5.74) is 23.8. The molecule has 0 saturated carbocycles. The van der Waals surface area contributed by atoms with Gasteiger partial charge in [0.1, 0.15) is 0 Å². The number of hydrogen-bond donors (Lipinski definition) is 0. The predicted molar refractivity (Wildman–Crippen MR) is 396 cm³/mol. The van der Waals surface area contributed by atoms with Gasteiger partial charge in [0.2, 0.25) is 0 Å². The summed E-state index contributed by atoms with van der Waals surface area (Å²) < 4.78 is 0. The van der Waals surface area contributed by atoms with Crippen LogP contribution in [0.2, 0.25) is 0 Å². The standard InChI is InChI=1S/2C21H20N.C20H18N.C17H12N.C11H8N.4Ir/c1-21(2,3)19-12-13-22-20(15-19)18-11-7-10-17(14-18)16-8-5-4-6-9-16;1-21(2,3)19-12-13-20(22-15-19)18-11-7-10-17(14-18)16-8-5-4-6-9-16;1-15(2)16-9-11-17(12-10-16)18-6-5-7-19(14-18)20-8-3-4-13-21-20;1-2-7-14(8-3-1)15-9-6-10-16(13-15)17-11-4-5-12-18-17;1-2-6-10(7-3-1)11-8-4-5-9-12-11;;;;/h2*4-10,12-15H,1-3H3;3-6,8-15H,1-2H3;1-9,11-13H;1-6,8-9H;;;;/q5*-1;;;;. The molecule has 5 nitrogen and oxygen atoms in total. The van der Waals surface area contributed by atoms with Crippen molar-refractivity contribution in [2.75, 3.05) is 0 Å². The van der Waals surface area contributed by atoms with Crippen LogP contribution in [0.3, 0.4) is 0 Å². The SMILES string of the molecule is CC(C)(C)c1ccc(-c2[c-]ccc(-c3ccccc3)c2)nc1.CC(C)(C)c1ccnc(-c2[c-]ccc(-c3ccccc3)c2)c1.CC(C)c1ccc(-c2cc[c-]c(-c3ccccn3)c2)cc1.[Ir].[Ir].[Ir].[Ir].[c-]1ccc(-c2ccccc2)cc1-c1ccccn1.[c-]1ccccc1-c1ccccn1. The average Bonchev–Trinajstić information content (AvgIpc) is 0.872. The van der Waals surface area contributed by atoms with Gasteiger partial charge >= 0.3 is 0 Å². The molecular weight excluding hydrogens is 1920 g/mol. The fourth-order valence-corrected chi connectivity index (χ4v) is 10.3. The van der Waals surface area contributed by atoms with Crippen molar-refractivity contribution in [1.82, 2.24) is 24.9 Å². The molecule has 0 unspecified atom stereocenters. The smallest absolute Gasteiger partial charge is 0.0198 e. The molecule has 5 heterocycles. The van der Waals surface area contributed by atoms with E-state index in [9.17, 15) is 0 Å². The molecule has 0 saturated heterocycles. The first kappa shape index (κ1) is 79.3. The molecule has 14 rings (SSSR count). The van der Waals surface area contributed by atoms with E-state index in [0.717, 1.165) is 56.3 Å². The maximum Gasteiger partial charge on any atom is 0.0198 e. The third kappa shape index (κ3) is 23.8. The van der Waals surface area contributed by atoms with Crippen LogP contribution in [0.5, 0.6) is 0 Å². The molecule has 14 aromatic rings. The number of benzene rings is 9. The maximum absolute atomic E-state index is 4.62. The zero-order valence-corrected chi connectivity index (χ0v) is 66.3. The normalized spacial score (nSPS) is 10.4. The van der Waals surface area contributed by atoms with E-state index in [4.69, 9.17) is 0 Å². The van der Waals surface area contributed by atoms with Gasteiger partial charge in [0.25, 0.3) is 0 Å². The Bertz CT molecular complexity index is 4500. The Labute approximate surface area is 641 Å². The third-order valence-electron chi connectivity index (χ3n) is 15.8. The van der Waals surface area contributed by atoms with E-state index in [1.54, 1.807) is 12.4 Å². The van der Waals surface area contributed by atoms with E-state index < -0.39 is 0 Å². The largest absolute Gasteiger partial charge is 0.305 e. The Balaban J connectivity index is 0.000000195. The first-order valence-electron chi connectivity index (χ1n) is 32.2. The van der Waals surface area contributed by atoms with Crippen molar-refractivity contribution in [1.29, 1.82) is 0 Å². The predicted octanol–water partition coefficient (Wildman–Crippen LogP) is 23.1. The Morgan fingerprint density at radius 1 is 0.253 bits per heavy atom. The maximum atomic E-state index is 4.62. The van der Waals surface area contributed by atoms with E-state index in [0.29, 0.717) is 5.92 Å². The summed E-state index contributed by atoms with van der Waals surface area (Å²) in [5, 5.41) is 0. The Morgan fingerprint density at radius 3 is 0.939 bits per heavy atom. The first-order chi connectivity index (χ1) is 46.2. The fraction of sp³-hybridized carbons (Fsp3) is 0.122. The van der Waals surface area contributed by atoms with Crippen molar-refractivity contribution in [3.8, 4) is 101 Å². The number of hydrogen-bond acceptors (Lipinski definition) is 5. The van der Waals surface area contributed by atoms with Crippen LogP contribution in [0.15, 0.2) is 322 Å². The van der Waals surface area contributed by atoms with E-state index in [1.165, 1.54) is 61.2 Å². The number of pyridine rings is 5. The van der Waals surface area contributed by atoms with Gasteiger partial charge in [-0.1, -0.05) is 225 Å². The molecule has 5 aromatic heterocycles. The van der Waals surface area contributed by atoms with Gasteiger partial charge in [-0.05, 0) is 108 Å². The molecule has 0 aliphatic heterocycles. The van der Waals surface area contributed by atoms with Crippen molar-refractivity contribution >= 4 is 0 Å². The quantitative estimate of drug-likeness (QED) is 0.128. The van der Waals surface area contributed by atoms with Gasteiger partial charge in [-0.3, -0.25) is 0 Å². The second-order valence-electron chi connectivity index (χ2n) is 25.1. The summed E-state index contributed by atoms with van der Waals surface area (Å²) in [7, 11) is 0. The molecule has 0 aliphatic carbocycles. The molecule has 0 spiro atoms. The summed E-state index contributed by atoms with van der Waals surface area (Å²) in [5.74, 6) is 0.562. The van der Waals surface area contributed by atoms with Crippen LogP contribution < -0.4 is 0 Å². The van der Waals surface area contributed by atoms with Gasteiger partial charge in [-0.2, -0.15) is 0 Å². The summed E-state index contributed by atoms with van der Waals surface area (Å²) in [6, 6.07) is 115. The molecular formula is C90H78Ir4N5-5. The third-order valence-corrected chi connectivity index (χ3v) is 15.8. The Kier molecular flexibility index (Phi) is 31.9. The van der Waals surface area contributed by atoms with Gasteiger partial charge < -0.3 is 24.9 Å². The van der Waals surface area contributed by atoms with E-state index in [-0.39, 0.29) is 91.3 Å². The minimum atomic E-state index is 0. The van der Waals surface area contributed by atoms with Crippen LogP contribution in [0.1, 0.15) is 78.0 Å². The van der Waals surface area contributed by atoms with Crippen LogP contribution in [0.25, 0.3) is 101 Å². The Morgan fingerprint density at radius 2 is 0.596 bits per heavy atom. The van der Waals surface area contributed by atoms with Crippen molar-refractivity contribution in [3.63, 3.8) is 0 Å². The van der Waals surface area contributed by atoms with Crippen molar-refractivity contribution in [2.24, 2.45) is 0 Å². The molecule has 0 atom stereocenters. The molecule has 99 heavy (non-hydrogen) atoms. The summed E-state index contributed by atoms with van der Waals surface area (Å²) in [6.07, 6.45) is 9.26. The molecule has 9 heteroatoms. The molecule has 9 aromatic carbocycles. The van der Waals surface area contributed by atoms with Gasteiger partial charge in [-0.25, -0.2) is 0 Å². The second kappa shape index (κ2) is 39.8. The number of aromatic nitrogens is 5. The Hall–Kier alpha value is -8.67. The average molecular weight is 2000 g/mol. The molecule has 504 valence electrons. The van der Waals surface area contributed by atoms with Crippen LogP contribution in [-0.4, -0.2) is 24.9 Å². The van der Waals surface area contributed by atoms with Gasteiger partial charge in [-0.15, -0.1) is 177 Å². The number of nitrogens with zero attached hydrogens (tertiary/aromatic N) is 5. The van der Waals surface area contributed by atoms with Crippen molar-refractivity contribution in [2.45, 2.75) is 72.1 Å². The monoisotopic (exact) mass is 2000 g/mol. The fourth-order valence-electron chi connectivity index (χ4n) is 10.3. The molecule has 4 radical (unpaired) electrons. The molecule has 0 N–H and O–H groups in total. The summed E-state index contributed by atoms with van der Waals surface area (Å²) in [4.78, 5) is 22.1. The van der Waals surface area contributed by atoms with Gasteiger partial charge in [0, 0.05) is 111 Å². The van der Waals surface area contributed by atoms with Crippen molar-refractivity contribution in [3.05, 3.63) is 369 Å². The first-order valence-corrected chi connectivity index (χ1v) is 32.2. The topological polar surface area (TPSA) is 64.5 Å². The van der Waals surface area contributed by atoms with Crippen LogP contribution in [0, 0.1) is 30.3 Å². The molecule has 0 bridgehead atoms. The summed E-state index contributed by atoms with van der Waals surface area (Å²) in [6.45, 7) is 17.7. The van der Waals surface area contributed by atoms with E-state index in [1.807, 2.05) is 152 Å². The minimum absolute atomic E-state index is 0. The van der Waals surface area contributed by atoms with Crippen LogP contribution >= 0.6 is 0 Å². The molecule has 0 aliphatic rings.